The fraction of sp³-hybridized carbons (Fsp3) is 0.526. The Hall–Kier alpha value is -2.57. The molecule has 3 aliphatic rings. The molecule has 1 aliphatic carbocycles. The summed E-state index contributed by atoms with van der Waals surface area (Å²) in [5.74, 6) is 0.409. The van der Waals surface area contributed by atoms with Gasteiger partial charge in [0.2, 0.25) is 5.91 Å². The van der Waals surface area contributed by atoms with Crippen molar-refractivity contribution in [2.24, 2.45) is 0 Å². The normalized spacial score (nSPS) is 21.4. The average molecular weight is 357 g/mol. The Bertz CT molecular complexity index is 742. The highest BCUT2D eigenvalue weighted by atomic mass is 16.5. The first-order chi connectivity index (χ1) is 12.6. The minimum atomic E-state index is -0.732. The SMILES string of the molecule is O=C1NC2(CCCCC2)C(=O)N1CCC(=O)N1CCOc2ccccc21. The van der Waals surface area contributed by atoms with Crippen molar-refractivity contribution in [3.63, 3.8) is 0 Å². The van der Waals surface area contributed by atoms with Crippen LogP contribution in [0.4, 0.5) is 10.5 Å². The van der Waals surface area contributed by atoms with E-state index >= 15 is 0 Å². The number of nitrogens with zero attached hydrogens (tertiary/aromatic N) is 2. The molecule has 4 rings (SSSR count). The van der Waals surface area contributed by atoms with Crippen LogP contribution in [0.25, 0.3) is 0 Å². The molecule has 0 aromatic heterocycles. The molecule has 0 radical (unpaired) electrons. The lowest BCUT2D eigenvalue weighted by Gasteiger charge is -2.31. The number of hydrogen-bond donors (Lipinski definition) is 1. The van der Waals surface area contributed by atoms with Crippen molar-refractivity contribution >= 4 is 23.5 Å². The summed E-state index contributed by atoms with van der Waals surface area (Å²) in [5, 5.41) is 2.88. The van der Waals surface area contributed by atoms with Crippen molar-refractivity contribution in [2.45, 2.75) is 44.1 Å². The number of amides is 4. The van der Waals surface area contributed by atoms with E-state index in [1.54, 1.807) is 4.90 Å². The van der Waals surface area contributed by atoms with Gasteiger partial charge >= 0.3 is 6.03 Å². The van der Waals surface area contributed by atoms with Crippen molar-refractivity contribution in [1.82, 2.24) is 10.2 Å². The van der Waals surface area contributed by atoms with Crippen LogP contribution in [0, 0.1) is 0 Å². The van der Waals surface area contributed by atoms with Crippen LogP contribution in [0.2, 0.25) is 0 Å². The van der Waals surface area contributed by atoms with Gasteiger partial charge in [-0.05, 0) is 25.0 Å². The minimum absolute atomic E-state index is 0.106. The number of carbonyl (C=O) groups excluding carboxylic acids is 3. The second kappa shape index (κ2) is 6.63. The van der Waals surface area contributed by atoms with E-state index in [-0.39, 0.29) is 30.8 Å². The zero-order valence-electron chi connectivity index (χ0n) is 14.7. The second-order valence-electron chi connectivity index (χ2n) is 7.14. The summed E-state index contributed by atoms with van der Waals surface area (Å²) in [5.41, 5.74) is 0.00827. The highest BCUT2D eigenvalue weighted by Crippen LogP contribution is 2.34. The molecular weight excluding hydrogens is 334 g/mol. The highest BCUT2D eigenvalue weighted by Gasteiger charge is 2.51. The van der Waals surface area contributed by atoms with Gasteiger partial charge in [-0.2, -0.15) is 0 Å². The lowest BCUT2D eigenvalue weighted by Crippen LogP contribution is -2.48. The van der Waals surface area contributed by atoms with Crippen molar-refractivity contribution in [3.05, 3.63) is 24.3 Å². The van der Waals surface area contributed by atoms with Crippen molar-refractivity contribution in [3.8, 4) is 5.75 Å². The van der Waals surface area contributed by atoms with Crippen LogP contribution < -0.4 is 15.0 Å². The molecule has 7 nitrogen and oxygen atoms in total. The summed E-state index contributed by atoms with van der Waals surface area (Å²) in [7, 11) is 0. The Morgan fingerprint density at radius 1 is 1.15 bits per heavy atom. The number of imide groups is 1. The van der Waals surface area contributed by atoms with Gasteiger partial charge in [0.1, 0.15) is 17.9 Å². The first-order valence-electron chi connectivity index (χ1n) is 9.27. The molecule has 1 aromatic carbocycles. The number of hydrogen-bond acceptors (Lipinski definition) is 4. The molecule has 1 aromatic rings. The van der Waals surface area contributed by atoms with E-state index in [1.165, 1.54) is 4.90 Å². The zero-order valence-corrected chi connectivity index (χ0v) is 14.7. The second-order valence-corrected chi connectivity index (χ2v) is 7.14. The molecular formula is C19H23N3O4. The lowest BCUT2D eigenvalue weighted by atomic mass is 9.82. The van der Waals surface area contributed by atoms with Crippen LogP contribution in [0.1, 0.15) is 38.5 Å². The summed E-state index contributed by atoms with van der Waals surface area (Å²) in [6.45, 7) is 1.03. The van der Waals surface area contributed by atoms with Crippen LogP contribution in [-0.2, 0) is 9.59 Å². The standard InChI is InChI=1S/C19H23N3O4/c23-16(21-12-13-26-15-7-3-2-6-14(15)21)8-11-22-17(24)19(20-18(22)25)9-4-1-5-10-19/h2-3,6-7H,1,4-5,8-13H2,(H,20,25). The third kappa shape index (κ3) is 2.81. The van der Waals surface area contributed by atoms with Gasteiger partial charge in [-0.15, -0.1) is 0 Å². The Labute approximate surface area is 152 Å². The quantitative estimate of drug-likeness (QED) is 0.840. The average Bonchev–Trinajstić information content (AvgIpc) is 2.89. The molecule has 7 heteroatoms. The largest absolute Gasteiger partial charge is 0.490 e. The van der Waals surface area contributed by atoms with E-state index in [0.717, 1.165) is 24.9 Å². The van der Waals surface area contributed by atoms with Crippen LogP contribution in [0.5, 0.6) is 5.75 Å². The number of fused-ring (bicyclic) bond motifs is 1. The van der Waals surface area contributed by atoms with Gasteiger partial charge in [0.05, 0.1) is 12.2 Å². The molecule has 2 heterocycles. The van der Waals surface area contributed by atoms with Gasteiger partial charge in [-0.1, -0.05) is 31.4 Å². The van der Waals surface area contributed by atoms with E-state index in [4.69, 9.17) is 4.74 Å². The van der Waals surface area contributed by atoms with Crippen molar-refractivity contribution in [2.75, 3.05) is 24.6 Å². The summed E-state index contributed by atoms with van der Waals surface area (Å²) in [4.78, 5) is 40.7. The lowest BCUT2D eigenvalue weighted by molar-refractivity contribution is -0.132. The summed E-state index contributed by atoms with van der Waals surface area (Å²) < 4.78 is 5.57. The minimum Gasteiger partial charge on any atom is -0.490 e. The molecule has 2 aliphatic heterocycles. The van der Waals surface area contributed by atoms with E-state index in [9.17, 15) is 14.4 Å². The topological polar surface area (TPSA) is 79.0 Å². The monoisotopic (exact) mass is 357 g/mol. The Morgan fingerprint density at radius 3 is 2.73 bits per heavy atom. The van der Waals surface area contributed by atoms with Crippen LogP contribution in [-0.4, -0.2) is 48.0 Å². The van der Waals surface area contributed by atoms with Gasteiger partial charge in [0.15, 0.2) is 0 Å². The highest BCUT2D eigenvalue weighted by molar-refractivity contribution is 6.07. The zero-order chi connectivity index (χ0) is 18.1. The molecule has 1 saturated carbocycles. The molecule has 2 fully saturated rings. The number of ether oxygens (including phenoxy) is 1. The molecule has 1 spiro atoms. The van der Waals surface area contributed by atoms with E-state index in [0.29, 0.717) is 31.7 Å². The fourth-order valence-corrected chi connectivity index (χ4v) is 4.14. The van der Waals surface area contributed by atoms with Crippen LogP contribution in [0.15, 0.2) is 24.3 Å². The summed E-state index contributed by atoms with van der Waals surface area (Å²) >= 11 is 0. The van der Waals surface area contributed by atoms with Gasteiger partial charge in [0, 0.05) is 13.0 Å². The fourth-order valence-electron chi connectivity index (χ4n) is 4.14. The number of nitrogens with one attached hydrogen (secondary N) is 1. The van der Waals surface area contributed by atoms with Crippen molar-refractivity contribution < 1.29 is 19.1 Å². The molecule has 1 saturated heterocycles. The third-order valence-corrected chi connectivity index (χ3v) is 5.53. The number of benzene rings is 1. The van der Waals surface area contributed by atoms with Crippen LogP contribution in [0.3, 0.4) is 0 Å². The number of anilines is 1. The molecule has 1 N–H and O–H groups in total. The van der Waals surface area contributed by atoms with Gasteiger partial charge in [-0.25, -0.2) is 4.79 Å². The van der Waals surface area contributed by atoms with Gasteiger partial charge in [0.25, 0.3) is 5.91 Å². The third-order valence-electron chi connectivity index (χ3n) is 5.53. The smallest absolute Gasteiger partial charge is 0.325 e. The maximum absolute atomic E-state index is 12.8. The Morgan fingerprint density at radius 2 is 1.92 bits per heavy atom. The Kier molecular flexibility index (Phi) is 4.30. The predicted octanol–water partition coefficient (Wildman–Crippen LogP) is 2.06. The number of urea groups is 1. The molecule has 26 heavy (non-hydrogen) atoms. The predicted molar refractivity (Wildman–Crippen MR) is 95.0 cm³/mol. The van der Waals surface area contributed by atoms with Crippen LogP contribution >= 0.6 is 0 Å². The molecule has 0 unspecified atom stereocenters. The molecule has 4 amide bonds. The first kappa shape index (κ1) is 16.9. The first-order valence-corrected chi connectivity index (χ1v) is 9.27. The maximum atomic E-state index is 12.8. The molecule has 0 atom stereocenters. The van der Waals surface area contributed by atoms with E-state index in [1.807, 2.05) is 24.3 Å². The van der Waals surface area contributed by atoms with Gasteiger partial charge < -0.3 is 15.0 Å². The number of carbonyl (C=O) groups is 3. The van der Waals surface area contributed by atoms with E-state index < -0.39 is 5.54 Å². The van der Waals surface area contributed by atoms with Gasteiger partial charge in [-0.3, -0.25) is 14.5 Å². The summed E-state index contributed by atoms with van der Waals surface area (Å²) in [6.07, 6.45) is 4.49. The maximum Gasteiger partial charge on any atom is 0.325 e. The number of para-hydroxylation sites is 2. The summed E-state index contributed by atoms with van der Waals surface area (Å²) in [6, 6.07) is 7.03. The molecule has 138 valence electrons. The van der Waals surface area contributed by atoms with E-state index in [2.05, 4.69) is 5.32 Å². The Balaban J connectivity index is 1.42. The molecule has 0 bridgehead atoms. The number of rotatable bonds is 3. The van der Waals surface area contributed by atoms with Crippen molar-refractivity contribution in [1.29, 1.82) is 0 Å².